The van der Waals surface area contributed by atoms with Crippen LogP contribution in [-0.2, 0) is 7.05 Å². The van der Waals surface area contributed by atoms with E-state index in [0.29, 0.717) is 11.3 Å². The van der Waals surface area contributed by atoms with Crippen molar-refractivity contribution >= 4 is 17.2 Å². The third-order valence-electron chi connectivity index (χ3n) is 4.47. The Labute approximate surface area is 118 Å². The van der Waals surface area contributed by atoms with Crippen LogP contribution in [0.5, 0.6) is 0 Å². The molecule has 102 valence electrons. The normalized spacial score (nSPS) is 21.9. The van der Waals surface area contributed by atoms with E-state index in [2.05, 4.69) is 31.4 Å². The number of hydrogen-bond acceptors (Lipinski definition) is 3. The third kappa shape index (κ3) is 1.98. The number of nitrogens with zero attached hydrogens (tertiary/aromatic N) is 2. The van der Waals surface area contributed by atoms with Gasteiger partial charge in [0.15, 0.2) is 0 Å². The van der Waals surface area contributed by atoms with Crippen molar-refractivity contribution in [3.63, 3.8) is 0 Å². The Hall–Kier alpha value is -1.29. The fourth-order valence-corrected chi connectivity index (χ4v) is 4.10. The van der Waals surface area contributed by atoms with Crippen LogP contribution >= 0.6 is 11.3 Å². The van der Waals surface area contributed by atoms with Gasteiger partial charge in [-0.05, 0) is 29.7 Å². The van der Waals surface area contributed by atoms with Crippen molar-refractivity contribution in [2.75, 3.05) is 5.73 Å². The van der Waals surface area contributed by atoms with E-state index in [4.69, 9.17) is 10.8 Å². The van der Waals surface area contributed by atoms with E-state index >= 15 is 0 Å². The molecule has 1 fully saturated rings. The maximum Gasteiger partial charge on any atom is 0.130 e. The number of nitrogens with two attached hydrogens (primary N) is 1. The maximum atomic E-state index is 6.26. The summed E-state index contributed by atoms with van der Waals surface area (Å²) >= 11 is 1.74. The molecule has 0 saturated heterocycles. The average Bonchev–Trinajstić information content (AvgIpc) is 3.01. The van der Waals surface area contributed by atoms with Crippen molar-refractivity contribution in [2.45, 2.75) is 39.0 Å². The highest BCUT2D eigenvalue weighted by molar-refractivity contribution is 7.13. The molecular weight excluding hydrogens is 254 g/mol. The van der Waals surface area contributed by atoms with Crippen molar-refractivity contribution in [3.8, 4) is 10.4 Å². The molecule has 1 aliphatic rings. The molecule has 1 saturated carbocycles. The van der Waals surface area contributed by atoms with E-state index in [1.165, 1.54) is 29.8 Å². The SMILES string of the molecule is Cn1nc(C2CCCC2(C)C)c(-c2cccs2)c1N. The minimum atomic E-state index is 0.326. The first-order valence-electron chi connectivity index (χ1n) is 6.87. The van der Waals surface area contributed by atoms with Crippen LogP contribution in [0.15, 0.2) is 17.5 Å². The Morgan fingerprint density at radius 2 is 2.26 bits per heavy atom. The van der Waals surface area contributed by atoms with Crippen molar-refractivity contribution in [2.24, 2.45) is 12.5 Å². The molecule has 2 N–H and O–H groups in total. The van der Waals surface area contributed by atoms with Crippen LogP contribution < -0.4 is 5.73 Å². The Kier molecular flexibility index (Phi) is 2.93. The van der Waals surface area contributed by atoms with E-state index in [1.807, 2.05) is 11.7 Å². The summed E-state index contributed by atoms with van der Waals surface area (Å²) in [5, 5.41) is 6.84. The lowest BCUT2D eigenvalue weighted by Crippen LogP contribution is -2.16. The van der Waals surface area contributed by atoms with E-state index in [9.17, 15) is 0 Å². The average molecular weight is 275 g/mol. The van der Waals surface area contributed by atoms with Gasteiger partial charge in [-0.3, -0.25) is 4.68 Å². The summed E-state index contributed by atoms with van der Waals surface area (Å²) in [6.45, 7) is 4.71. The number of thiophene rings is 1. The molecule has 4 heteroatoms. The number of aryl methyl sites for hydroxylation is 1. The lowest BCUT2D eigenvalue weighted by atomic mass is 9.79. The zero-order chi connectivity index (χ0) is 13.6. The molecule has 19 heavy (non-hydrogen) atoms. The zero-order valence-electron chi connectivity index (χ0n) is 11.8. The summed E-state index contributed by atoms with van der Waals surface area (Å²) in [5.74, 6) is 1.31. The van der Waals surface area contributed by atoms with Crippen molar-refractivity contribution in [1.29, 1.82) is 0 Å². The number of aromatic nitrogens is 2. The van der Waals surface area contributed by atoms with Gasteiger partial charge in [0.05, 0.1) is 11.3 Å². The van der Waals surface area contributed by atoms with Gasteiger partial charge in [0, 0.05) is 17.8 Å². The lowest BCUT2D eigenvalue weighted by molar-refractivity contribution is 0.326. The molecular formula is C15H21N3S. The van der Waals surface area contributed by atoms with E-state index < -0.39 is 0 Å². The predicted molar refractivity (Wildman–Crippen MR) is 81.3 cm³/mol. The van der Waals surface area contributed by atoms with Crippen LogP contribution in [0.25, 0.3) is 10.4 Å². The molecule has 1 atom stereocenters. The Bertz CT molecular complexity index is 581. The Morgan fingerprint density at radius 1 is 1.47 bits per heavy atom. The first-order valence-corrected chi connectivity index (χ1v) is 7.75. The highest BCUT2D eigenvalue weighted by atomic mass is 32.1. The van der Waals surface area contributed by atoms with E-state index in [0.717, 1.165) is 11.4 Å². The fraction of sp³-hybridized carbons (Fsp3) is 0.533. The van der Waals surface area contributed by atoms with Gasteiger partial charge in [0.2, 0.25) is 0 Å². The quantitative estimate of drug-likeness (QED) is 0.899. The first kappa shape index (κ1) is 12.7. The van der Waals surface area contributed by atoms with Gasteiger partial charge < -0.3 is 5.73 Å². The van der Waals surface area contributed by atoms with E-state index in [-0.39, 0.29) is 0 Å². The first-order chi connectivity index (χ1) is 9.00. The van der Waals surface area contributed by atoms with Gasteiger partial charge in [-0.1, -0.05) is 26.3 Å². The minimum absolute atomic E-state index is 0.326. The smallest absolute Gasteiger partial charge is 0.130 e. The second-order valence-electron chi connectivity index (χ2n) is 6.18. The summed E-state index contributed by atoms with van der Waals surface area (Å²) in [5.41, 5.74) is 8.95. The number of nitrogen functional groups attached to an aromatic ring is 1. The molecule has 3 rings (SSSR count). The summed E-state index contributed by atoms with van der Waals surface area (Å²) in [6.07, 6.45) is 3.79. The highest BCUT2D eigenvalue weighted by Crippen LogP contribution is 2.51. The third-order valence-corrected chi connectivity index (χ3v) is 5.36. The number of hydrogen-bond donors (Lipinski definition) is 1. The van der Waals surface area contributed by atoms with Crippen LogP contribution in [-0.4, -0.2) is 9.78 Å². The molecule has 0 radical (unpaired) electrons. The van der Waals surface area contributed by atoms with Gasteiger partial charge in [-0.15, -0.1) is 11.3 Å². The predicted octanol–water partition coefficient (Wildman–Crippen LogP) is 4.02. The summed E-state index contributed by atoms with van der Waals surface area (Å²) in [6, 6.07) is 4.22. The van der Waals surface area contributed by atoms with Crippen LogP contribution in [0.2, 0.25) is 0 Å². The molecule has 0 bridgehead atoms. The molecule has 0 aromatic carbocycles. The van der Waals surface area contributed by atoms with Crippen LogP contribution in [0.4, 0.5) is 5.82 Å². The zero-order valence-corrected chi connectivity index (χ0v) is 12.6. The molecule has 1 unspecified atom stereocenters. The maximum absolute atomic E-state index is 6.26. The number of rotatable bonds is 2. The molecule has 0 spiro atoms. The van der Waals surface area contributed by atoms with Crippen LogP contribution in [0.3, 0.4) is 0 Å². The van der Waals surface area contributed by atoms with E-state index in [1.54, 1.807) is 11.3 Å². The van der Waals surface area contributed by atoms with Crippen molar-refractivity contribution < 1.29 is 0 Å². The van der Waals surface area contributed by atoms with Gasteiger partial charge >= 0.3 is 0 Å². The molecule has 2 aromatic heterocycles. The molecule has 2 aromatic rings. The van der Waals surface area contributed by atoms with Gasteiger partial charge in [0.1, 0.15) is 5.82 Å². The molecule has 1 aliphatic carbocycles. The van der Waals surface area contributed by atoms with Crippen LogP contribution in [0, 0.1) is 5.41 Å². The van der Waals surface area contributed by atoms with Crippen molar-refractivity contribution in [1.82, 2.24) is 9.78 Å². The standard InChI is InChI=1S/C15H21N3S/c1-15(2)8-4-6-10(15)13-12(11-7-5-9-19-11)14(16)18(3)17-13/h5,7,9-10H,4,6,8,16H2,1-3H3. The second-order valence-corrected chi connectivity index (χ2v) is 7.13. The second kappa shape index (κ2) is 4.37. The largest absolute Gasteiger partial charge is 0.383 e. The van der Waals surface area contributed by atoms with Gasteiger partial charge in [-0.2, -0.15) is 5.10 Å². The Morgan fingerprint density at radius 3 is 2.84 bits per heavy atom. The van der Waals surface area contributed by atoms with Gasteiger partial charge in [0.25, 0.3) is 0 Å². The summed E-state index contributed by atoms with van der Waals surface area (Å²) < 4.78 is 1.83. The monoisotopic (exact) mass is 275 g/mol. The minimum Gasteiger partial charge on any atom is -0.383 e. The van der Waals surface area contributed by atoms with Gasteiger partial charge in [-0.25, -0.2) is 0 Å². The topological polar surface area (TPSA) is 43.8 Å². The fourth-order valence-electron chi connectivity index (χ4n) is 3.31. The van der Waals surface area contributed by atoms with Crippen LogP contribution in [0.1, 0.15) is 44.7 Å². The summed E-state index contributed by atoms with van der Waals surface area (Å²) in [4.78, 5) is 1.24. The summed E-state index contributed by atoms with van der Waals surface area (Å²) in [7, 11) is 1.94. The molecule has 0 aliphatic heterocycles. The molecule has 3 nitrogen and oxygen atoms in total. The lowest BCUT2D eigenvalue weighted by Gasteiger charge is -2.26. The Balaban J connectivity index is 2.14. The molecule has 2 heterocycles. The highest BCUT2D eigenvalue weighted by Gasteiger charge is 2.39. The number of anilines is 1. The molecule has 0 amide bonds. The van der Waals surface area contributed by atoms with Crippen molar-refractivity contribution in [3.05, 3.63) is 23.2 Å².